The van der Waals surface area contributed by atoms with Crippen molar-refractivity contribution < 1.29 is 14.3 Å². The number of aromatic amines is 1. The zero-order chi connectivity index (χ0) is 23.3. The van der Waals surface area contributed by atoms with Gasteiger partial charge in [-0.3, -0.25) is 9.78 Å². The standard InChI is InChI=1S/C26H27ClN4O3/c1-2-16-18(27)4-3-5-19(16)30-23-21-24(26(8-9-26)14-29-25(21)32)31-22(23)17-6-10-28-12-20(17)34-13-15-7-11-33-15/h3-6,10,12,15,30-31H,2,7-9,11,13-14H2,1H3,(H,29,32). The molecule has 1 saturated heterocycles. The maximum Gasteiger partial charge on any atom is 0.255 e. The number of fused-ring (bicyclic) bond motifs is 2. The van der Waals surface area contributed by atoms with Crippen molar-refractivity contribution in [3.05, 3.63) is 58.5 Å². The van der Waals surface area contributed by atoms with Gasteiger partial charge in [0.15, 0.2) is 0 Å². The van der Waals surface area contributed by atoms with Crippen LogP contribution in [0.2, 0.25) is 5.02 Å². The summed E-state index contributed by atoms with van der Waals surface area (Å²) in [5.41, 5.74) is 5.97. The van der Waals surface area contributed by atoms with Crippen molar-refractivity contribution in [1.29, 1.82) is 0 Å². The number of nitrogens with zero attached hydrogens (tertiary/aromatic N) is 1. The van der Waals surface area contributed by atoms with Gasteiger partial charge in [-0.2, -0.15) is 0 Å². The van der Waals surface area contributed by atoms with Crippen LogP contribution in [0.4, 0.5) is 11.4 Å². The molecule has 2 aliphatic heterocycles. The van der Waals surface area contributed by atoms with Crippen LogP contribution in [0.5, 0.6) is 5.75 Å². The monoisotopic (exact) mass is 478 g/mol. The topological polar surface area (TPSA) is 88.3 Å². The van der Waals surface area contributed by atoms with Crippen molar-refractivity contribution in [3.8, 4) is 17.0 Å². The third-order valence-corrected chi connectivity index (χ3v) is 7.56. The summed E-state index contributed by atoms with van der Waals surface area (Å²) in [7, 11) is 0. The first-order valence-electron chi connectivity index (χ1n) is 11.9. The minimum Gasteiger partial charge on any atom is -0.489 e. The van der Waals surface area contributed by atoms with E-state index in [1.807, 2.05) is 24.3 Å². The van der Waals surface area contributed by atoms with Crippen LogP contribution < -0.4 is 15.4 Å². The van der Waals surface area contributed by atoms with Crippen LogP contribution in [0.25, 0.3) is 11.3 Å². The molecule has 2 aromatic heterocycles. The summed E-state index contributed by atoms with van der Waals surface area (Å²) in [6.45, 7) is 3.99. The molecule has 8 heteroatoms. The van der Waals surface area contributed by atoms with Crippen LogP contribution >= 0.6 is 11.6 Å². The highest BCUT2D eigenvalue weighted by atomic mass is 35.5. The molecule has 0 bridgehead atoms. The van der Waals surface area contributed by atoms with E-state index in [4.69, 9.17) is 21.1 Å². The zero-order valence-corrected chi connectivity index (χ0v) is 19.8. The van der Waals surface area contributed by atoms with Gasteiger partial charge < -0.3 is 25.1 Å². The molecule has 6 rings (SSSR count). The Balaban J connectivity index is 1.49. The average molecular weight is 479 g/mol. The third-order valence-electron chi connectivity index (χ3n) is 7.20. The normalized spacial score (nSPS) is 19.8. The first kappa shape index (κ1) is 21.5. The highest BCUT2D eigenvalue weighted by Crippen LogP contribution is 2.54. The number of ether oxygens (including phenoxy) is 2. The number of carbonyl (C=O) groups excluding carboxylic acids is 1. The third kappa shape index (κ3) is 3.54. The van der Waals surface area contributed by atoms with E-state index in [1.54, 1.807) is 12.4 Å². The van der Waals surface area contributed by atoms with Crippen LogP contribution in [0, 0.1) is 0 Å². The van der Waals surface area contributed by atoms with Gasteiger partial charge in [-0.25, -0.2) is 0 Å². The number of hydrogen-bond donors (Lipinski definition) is 3. The molecule has 3 N–H and O–H groups in total. The summed E-state index contributed by atoms with van der Waals surface area (Å²) >= 11 is 6.50. The first-order chi connectivity index (χ1) is 16.6. The molecule has 7 nitrogen and oxygen atoms in total. The molecular formula is C26H27ClN4O3. The van der Waals surface area contributed by atoms with Crippen molar-refractivity contribution in [2.24, 2.45) is 0 Å². The number of anilines is 2. The predicted molar refractivity (Wildman–Crippen MR) is 131 cm³/mol. The van der Waals surface area contributed by atoms with Crippen LogP contribution in [-0.2, 0) is 16.6 Å². The molecule has 1 aliphatic carbocycles. The van der Waals surface area contributed by atoms with Gasteiger partial charge in [0.05, 0.1) is 29.2 Å². The van der Waals surface area contributed by atoms with Crippen LogP contribution in [-0.4, -0.2) is 41.7 Å². The number of benzene rings is 1. The fourth-order valence-corrected chi connectivity index (χ4v) is 5.23. The molecule has 176 valence electrons. The highest BCUT2D eigenvalue weighted by Gasteiger charge is 2.51. The number of hydrogen-bond acceptors (Lipinski definition) is 5. The van der Waals surface area contributed by atoms with Crippen LogP contribution in [0.1, 0.15) is 47.8 Å². The van der Waals surface area contributed by atoms with E-state index >= 15 is 0 Å². The van der Waals surface area contributed by atoms with Crippen molar-refractivity contribution in [2.45, 2.75) is 44.1 Å². The fraction of sp³-hybridized carbons (Fsp3) is 0.385. The van der Waals surface area contributed by atoms with E-state index in [0.717, 1.165) is 66.2 Å². The molecule has 1 aromatic carbocycles. The van der Waals surface area contributed by atoms with E-state index in [-0.39, 0.29) is 17.4 Å². The Bertz CT molecular complexity index is 1260. The van der Waals surface area contributed by atoms with Crippen molar-refractivity contribution in [1.82, 2.24) is 15.3 Å². The lowest BCUT2D eigenvalue weighted by molar-refractivity contribution is -0.0720. The van der Waals surface area contributed by atoms with Gasteiger partial charge in [-0.1, -0.05) is 24.6 Å². The molecule has 34 heavy (non-hydrogen) atoms. The quantitative estimate of drug-likeness (QED) is 0.445. The Morgan fingerprint density at radius 3 is 2.91 bits per heavy atom. The van der Waals surface area contributed by atoms with E-state index in [9.17, 15) is 4.79 Å². The molecule has 1 atom stereocenters. The SMILES string of the molecule is CCc1c(Cl)cccc1Nc1c(-c2ccncc2OCC2CCO2)[nH]c2c1C(=O)NCC21CC1. The van der Waals surface area contributed by atoms with E-state index in [2.05, 4.69) is 27.5 Å². The van der Waals surface area contributed by atoms with Gasteiger partial charge in [0.1, 0.15) is 12.4 Å². The molecule has 1 spiro atoms. The number of H-pyrrole nitrogens is 1. The molecule has 1 saturated carbocycles. The Labute approximate surface area is 203 Å². The van der Waals surface area contributed by atoms with Gasteiger partial charge in [0.2, 0.25) is 0 Å². The van der Waals surface area contributed by atoms with Gasteiger partial charge in [0.25, 0.3) is 5.91 Å². The zero-order valence-electron chi connectivity index (χ0n) is 19.0. The lowest BCUT2D eigenvalue weighted by atomic mass is 9.93. The Kier molecular flexibility index (Phi) is 5.26. The second-order valence-corrected chi connectivity index (χ2v) is 9.70. The molecule has 2 fully saturated rings. The number of amides is 1. The number of pyridine rings is 1. The number of carbonyl (C=O) groups is 1. The Morgan fingerprint density at radius 2 is 2.18 bits per heavy atom. The highest BCUT2D eigenvalue weighted by molar-refractivity contribution is 6.31. The smallest absolute Gasteiger partial charge is 0.255 e. The number of rotatable bonds is 7. The Hall–Kier alpha value is -3.03. The summed E-state index contributed by atoms with van der Waals surface area (Å²) in [5, 5.41) is 7.38. The first-order valence-corrected chi connectivity index (χ1v) is 12.3. The van der Waals surface area contributed by atoms with Crippen molar-refractivity contribution in [3.63, 3.8) is 0 Å². The van der Waals surface area contributed by atoms with E-state index in [1.165, 1.54) is 0 Å². The van der Waals surface area contributed by atoms with Gasteiger partial charge >= 0.3 is 0 Å². The molecule has 0 radical (unpaired) electrons. The van der Waals surface area contributed by atoms with Crippen molar-refractivity contribution >= 4 is 28.9 Å². The molecular weight excluding hydrogens is 452 g/mol. The fourth-order valence-electron chi connectivity index (χ4n) is 4.93. The van der Waals surface area contributed by atoms with Crippen molar-refractivity contribution in [2.75, 3.05) is 25.1 Å². The minimum absolute atomic E-state index is 0.0202. The van der Waals surface area contributed by atoms with Gasteiger partial charge in [-0.15, -0.1) is 0 Å². The second kappa shape index (κ2) is 8.32. The van der Waals surface area contributed by atoms with E-state index < -0.39 is 0 Å². The largest absolute Gasteiger partial charge is 0.489 e. The molecule has 1 amide bonds. The summed E-state index contributed by atoms with van der Waals surface area (Å²) < 4.78 is 11.7. The minimum atomic E-state index is -0.0722. The molecule has 1 unspecified atom stereocenters. The second-order valence-electron chi connectivity index (χ2n) is 9.30. The molecule has 4 heterocycles. The van der Waals surface area contributed by atoms with Gasteiger partial charge in [-0.05, 0) is 43.0 Å². The number of nitrogens with one attached hydrogen (secondary N) is 3. The molecule has 3 aliphatic rings. The lowest BCUT2D eigenvalue weighted by Crippen LogP contribution is -2.39. The maximum atomic E-state index is 13.2. The van der Waals surface area contributed by atoms with Crippen LogP contribution in [0.15, 0.2) is 36.7 Å². The van der Waals surface area contributed by atoms with Crippen LogP contribution in [0.3, 0.4) is 0 Å². The predicted octanol–water partition coefficient (Wildman–Crippen LogP) is 4.98. The summed E-state index contributed by atoms with van der Waals surface area (Å²) in [4.78, 5) is 21.1. The lowest BCUT2D eigenvalue weighted by Gasteiger charge is -2.26. The Morgan fingerprint density at radius 1 is 1.32 bits per heavy atom. The summed E-state index contributed by atoms with van der Waals surface area (Å²) in [5.74, 6) is 0.587. The maximum absolute atomic E-state index is 13.2. The number of aromatic nitrogens is 2. The molecule has 3 aromatic rings. The summed E-state index contributed by atoms with van der Waals surface area (Å²) in [6, 6.07) is 7.74. The summed E-state index contributed by atoms with van der Waals surface area (Å²) in [6.07, 6.45) is 7.45. The van der Waals surface area contributed by atoms with Gasteiger partial charge in [0, 0.05) is 53.2 Å². The number of halogens is 1. The van der Waals surface area contributed by atoms with E-state index in [0.29, 0.717) is 29.5 Å². The average Bonchev–Trinajstić information content (AvgIpc) is 3.49.